The molecule has 2 heterocycles. The number of allylic oxidation sites excluding steroid dienone is 4. The number of anilines is 3. The summed E-state index contributed by atoms with van der Waals surface area (Å²) in [6, 6.07) is 45.2. The van der Waals surface area contributed by atoms with Gasteiger partial charge in [0.1, 0.15) is 11.2 Å². The molecule has 0 saturated carbocycles. The van der Waals surface area contributed by atoms with Crippen molar-refractivity contribution < 1.29 is 4.42 Å². The highest BCUT2D eigenvalue weighted by molar-refractivity contribution is 6.13. The lowest BCUT2D eigenvalue weighted by atomic mass is 9.99. The van der Waals surface area contributed by atoms with Gasteiger partial charge in [0, 0.05) is 29.2 Å². The van der Waals surface area contributed by atoms with Crippen molar-refractivity contribution in [2.45, 2.75) is 12.8 Å². The van der Waals surface area contributed by atoms with Crippen molar-refractivity contribution in [2.24, 2.45) is 0 Å². The van der Waals surface area contributed by atoms with Crippen LogP contribution in [0.1, 0.15) is 18.4 Å². The number of aromatic nitrogens is 1. The quantitative estimate of drug-likeness (QED) is 0.200. The van der Waals surface area contributed by atoms with Gasteiger partial charge in [-0.3, -0.25) is 4.98 Å². The van der Waals surface area contributed by atoms with E-state index in [0.29, 0.717) is 0 Å². The van der Waals surface area contributed by atoms with Gasteiger partial charge in [-0.1, -0.05) is 103 Å². The van der Waals surface area contributed by atoms with E-state index in [1.807, 2.05) is 18.3 Å². The van der Waals surface area contributed by atoms with Crippen LogP contribution >= 0.6 is 0 Å². The standard InChI is InChI=1S/C41H30N2O/c1-3-8-29(9-4-1)31-14-16-32(17-15-31)34-20-24-36(25-21-34)43(35-22-18-33(19-23-35)30-10-5-2-6-11-30)38-12-7-13-40-41(38)37-28-42-27-26-39(37)44-40/h1,3-5,7-28H,2,6H2. The highest BCUT2D eigenvalue weighted by Gasteiger charge is 2.19. The summed E-state index contributed by atoms with van der Waals surface area (Å²) in [5.74, 6) is 0. The summed E-state index contributed by atoms with van der Waals surface area (Å²) in [7, 11) is 0. The van der Waals surface area contributed by atoms with E-state index in [9.17, 15) is 0 Å². The zero-order valence-corrected chi connectivity index (χ0v) is 24.2. The van der Waals surface area contributed by atoms with E-state index >= 15 is 0 Å². The smallest absolute Gasteiger partial charge is 0.138 e. The maximum Gasteiger partial charge on any atom is 0.138 e. The first-order chi connectivity index (χ1) is 21.8. The lowest BCUT2D eigenvalue weighted by molar-refractivity contribution is 0.668. The molecule has 0 radical (unpaired) electrons. The topological polar surface area (TPSA) is 29.3 Å². The van der Waals surface area contributed by atoms with E-state index in [4.69, 9.17) is 4.42 Å². The molecular weight excluding hydrogens is 536 g/mol. The number of hydrogen-bond acceptors (Lipinski definition) is 3. The summed E-state index contributed by atoms with van der Waals surface area (Å²) in [5.41, 5.74) is 12.2. The molecule has 0 spiro atoms. The van der Waals surface area contributed by atoms with Gasteiger partial charge in [0.15, 0.2) is 0 Å². The Balaban J connectivity index is 1.21. The summed E-state index contributed by atoms with van der Waals surface area (Å²) in [6.07, 6.45) is 12.7. The second-order valence-electron chi connectivity index (χ2n) is 11.1. The fourth-order valence-electron chi connectivity index (χ4n) is 6.18. The Kier molecular flexibility index (Phi) is 6.62. The summed E-state index contributed by atoms with van der Waals surface area (Å²) < 4.78 is 6.25. The summed E-state index contributed by atoms with van der Waals surface area (Å²) in [5, 5.41) is 2.06. The van der Waals surface area contributed by atoms with Crippen LogP contribution in [0.2, 0.25) is 0 Å². The molecule has 3 heteroatoms. The van der Waals surface area contributed by atoms with Crippen LogP contribution in [0, 0.1) is 0 Å². The number of rotatable bonds is 6. The molecule has 44 heavy (non-hydrogen) atoms. The van der Waals surface area contributed by atoms with Crippen molar-refractivity contribution in [3.63, 3.8) is 0 Å². The summed E-state index contributed by atoms with van der Waals surface area (Å²) >= 11 is 0. The van der Waals surface area contributed by atoms with E-state index in [2.05, 4.69) is 143 Å². The van der Waals surface area contributed by atoms with Gasteiger partial charge in [-0.2, -0.15) is 0 Å². The fraction of sp³-hybridized carbons (Fsp3) is 0.0488. The van der Waals surface area contributed by atoms with Gasteiger partial charge in [-0.15, -0.1) is 0 Å². The van der Waals surface area contributed by atoms with Crippen LogP contribution < -0.4 is 4.90 Å². The highest BCUT2D eigenvalue weighted by Crippen LogP contribution is 2.43. The second-order valence-corrected chi connectivity index (χ2v) is 11.1. The molecule has 0 saturated heterocycles. The Morgan fingerprint density at radius 3 is 1.84 bits per heavy atom. The van der Waals surface area contributed by atoms with Crippen LogP contribution in [-0.4, -0.2) is 4.98 Å². The SMILES string of the molecule is C1=CC(c2ccc(N(c3ccc(-c4ccc(-c5ccccc5)cc4)cc3)c3cccc4oc5ccncc5c34)cc2)=CCC1. The van der Waals surface area contributed by atoms with E-state index in [1.165, 1.54) is 33.4 Å². The minimum absolute atomic E-state index is 0.836. The second kappa shape index (κ2) is 11.2. The monoisotopic (exact) mass is 566 g/mol. The molecule has 8 rings (SSSR count). The minimum atomic E-state index is 0.836. The normalized spacial score (nSPS) is 12.9. The predicted octanol–water partition coefficient (Wildman–Crippen LogP) is 11.5. The lowest BCUT2D eigenvalue weighted by Gasteiger charge is -2.26. The molecule has 0 N–H and O–H groups in total. The third-order valence-corrected chi connectivity index (χ3v) is 8.42. The molecule has 0 atom stereocenters. The maximum absolute atomic E-state index is 6.25. The molecule has 3 nitrogen and oxygen atoms in total. The van der Waals surface area contributed by atoms with Crippen molar-refractivity contribution in [1.82, 2.24) is 4.98 Å². The Labute approximate surface area is 257 Å². The Bertz CT molecular complexity index is 2140. The maximum atomic E-state index is 6.25. The number of hydrogen-bond donors (Lipinski definition) is 0. The molecule has 0 unspecified atom stereocenters. The summed E-state index contributed by atoms with van der Waals surface area (Å²) in [6.45, 7) is 0. The van der Waals surface area contributed by atoms with Gasteiger partial charge in [-0.05, 0) is 88.7 Å². The third-order valence-electron chi connectivity index (χ3n) is 8.42. The molecular formula is C41H30N2O. The van der Waals surface area contributed by atoms with Crippen LogP contribution in [0.5, 0.6) is 0 Å². The molecule has 1 aliphatic rings. The van der Waals surface area contributed by atoms with E-state index in [-0.39, 0.29) is 0 Å². The number of benzene rings is 5. The number of nitrogens with zero attached hydrogens (tertiary/aromatic N) is 2. The molecule has 0 amide bonds. The van der Waals surface area contributed by atoms with Gasteiger partial charge < -0.3 is 9.32 Å². The highest BCUT2D eigenvalue weighted by atomic mass is 16.3. The Morgan fingerprint density at radius 2 is 1.18 bits per heavy atom. The van der Waals surface area contributed by atoms with Crippen LogP contribution in [-0.2, 0) is 0 Å². The van der Waals surface area contributed by atoms with Gasteiger partial charge in [0.2, 0.25) is 0 Å². The average Bonchev–Trinajstić information content (AvgIpc) is 3.49. The van der Waals surface area contributed by atoms with Crippen LogP contribution in [0.25, 0.3) is 49.8 Å². The first-order valence-electron chi connectivity index (χ1n) is 15.1. The van der Waals surface area contributed by atoms with Gasteiger partial charge in [0.25, 0.3) is 0 Å². The average molecular weight is 567 g/mol. The van der Waals surface area contributed by atoms with Crippen molar-refractivity contribution in [2.75, 3.05) is 4.90 Å². The van der Waals surface area contributed by atoms with Crippen molar-refractivity contribution in [1.29, 1.82) is 0 Å². The molecule has 1 aliphatic carbocycles. The van der Waals surface area contributed by atoms with Gasteiger partial charge in [0.05, 0.1) is 11.1 Å². The first kappa shape index (κ1) is 26.0. The number of pyridine rings is 1. The number of fused-ring (bicyclic) bond motifs is 3. The molecule has 0 fully saturated rings. The number of furan rings is 1. The van der Waals surface area contributed by atoms with Crippen molar-refractivity contribution >= 4 is 44.6 Å². The van der Waals surface area contributed by atoms with Crippen molar-refractivity contribution in [3.8, 4) is 22.3 Å². The van der Waals surface area contributed by atoms with Crippen LogP contribution in [0.4, 0.5) is 17.1 Å². The zero-order chi connectivity index (χ0) is 29.3. The zero-order valence-electron chi connectivity index (χ0n) is 24.2. The molecule has 2 aromatic heterocycles. The largest absolute Gasteiger partial charge is 0.456 e. The molecule has 5 aromatic carbocycles. The van der Waals surface area contributed by atoms with Crippen LogP contribution in [0.3, 0.4) is 0 Å². The fourth-order valence-corrected chi connectivity index (χ4v) is 6.18. The van der Waals surface area contributed by atoms with E-state index in [1.54, 1.807) is 6.20 Å². The van der Waals surface area contributed by atoms with Gasteiger partial charge in [-0.25, -0.2) is 0 Å². The van der Waals surface area contributed by atoms with Crippen molar-refractivity contribution in [3.05, 3.63) is 164 Å². The minimum Gasteiger partial charge on any atom is -0.456 e. The molecule has 7 aromatic rings. The predicted molar refractivity (Wildman–Crippen MR) is 183 cm³/mol. The van der Waals surface area contributed by atoms with E-state index in [0.717, 1.165) is 51.8 Å². The summed E-state index contributed by atoms with van der Waals surface area (Å²) in [4.78, 5) is 6.74. The first-order valence-corrected chi connectivity index (χ1v) is 15.1. The molecule has 0 bridgehead atoms. The third kappa shape index (κ3) is 4.79. The molecule has 0 aliphatic heterocycles. The van der Waals surface area contributed by atoms with Crippen LogP contribution in [0.15, 0.2) is 162 Å². The van der Waals surface area contributed by atoms with Gasteiger partial charge >= 0.3 is 0 Å². The van der Waals surface area contributed by atoms with E-state index < -0.39 is 0 Å². The molecule has 210 valence electrons. The lowest BCUT2D eigenvalue weighted by Crippen LogP contribution is -2.10. The Morgan fingerprint density at radius 1 is 0.545 bits per heavy atom. The Hall–Kier alpha value is -5.67.